The fraction of sp³-hybridized carbons (Fsp3) is 0.188. The van der Waals surface area contributed by atoms with Gasteiger partial charge in [-0.25, -0.2) is 0 Å². The van der Waals surface area contributed by atoms with Crippen molar-refractivity contribution in [2.24, 2.45) is 0 Å². The van der Waals surface area contributed by atoms with Crippen LogP contribution in [0.3, 0.4) is 0 Å². The molecule has 0 spiro atoms. The van der Waals surface area contributed by atoms with Crippen LogP contribution in [0.1, 0.15) is 17.0 Å². The van der Waals surface area contributed by atoms with Crippen LogP contribution in [0.2, 0.25) is 5.02 Å². The average Bonchev–Trinajstić information content (AvgIpc) is 2.47. The fourth-order valence-electron chi connectivity index (χ4n) is 2.22. The van der Waals surface area contributed by atoms with Crippen molar-refractivity contribution in [3.05, 3.63) is 58.6 Å². The van der Waals surface area contributed by atoms with E-state index < -0.39 is 11.9 Å². The van der Waals surface area contributed by atoms with Crippen molar-refractivity contribution < 1.29 is 19.7 Å². The molecule has 0 aliphatic carbocycles. The fourth-order valence-corrected chi connectivity index (χ4v) is 2.42. The zero-order valence-corrected chi connectivity index (χ0v) is 12.2. The second-order valence-corrected chi connectivity index (χ2v) is 5.05. The number of methoxy groups -OCH3 is 1. The van der Waals surface area contributed by atoms with Crippen molar-refractivity contribution in [1.29, 1.82) is 0 Å². The summed E-state index contributed by atoms with van der Waals surface area (Å²) >= 11 is 5.90. The van der Waals surface area contributed by atoms with Gasteiger partial charge in [0.05, 0.1) is 13.0 Å². The number of carbonyl (C=O) groups is 1. The highest BCUT2D eigenvalue weighted by Gasteiger charge is 2.24. The van der Waals surface area contributed by atoms with Crippen LogP contribution in [0.15, 0.2) is 42.5 Å². The van der Waals surface area contributed by atoms with E-state index in [0.29, 0.717) is 21.9 Å². The minimum Gasteiger partial charge on any atom is -0.508 e. The Hall–Kier alpha value is -2.20. The zero-order valence-electron chi connectivity index (χ0n) is 11.4. The number of aliphatic carboxylic acids is 1. The molecule has 0 saturated heterocycles. The topological polar surface area (TPSA) is 66.8 Å². The molecule has 0 aliphatic heterocycles. The second-order valence-electron chi connectivity index (χ2n) is 4.61. The standard InChI is InChI=1S/C16H15ClO4/c1-21-15-5-3-2-4-12(15)13(16(19)20)9-10-8-11(17)6-7-14(10)18/h2-8,13,18H,9H2,1H3,(H,19,20). The highest BCUT2D eigenvalue weighted by molar-refractivity contribution is 6.30. The maximum Gasteiger partial charge on any atom is 0.311 e. The van der Waals surface area contributed by atoms with Crippen molar-refractivity contribution >= 4 is 17.6 Å². The van der Waals surface area contributed by atoms with Gasteiger partial charge in [0.25, 0.3) is 0 Å². The lowest BCUT2D eigenvalue weighted by Gasteiger charge is -2.17. The number of ether oxygens (including phenoxy) is 1. The molecule has 0 aliphatic rings. The van der Waals surface area contributed by atoms with Crippen LogP contribution in [0.5, 0.6) is 11.5 Å². The molecule has 110 valence electrons. The van der Waals surface area contributed by atoms with Gasteiger partial charge < -0.3 is 14.9 Å². The number of carboxylic acids is 1. The number of rotatable bonds is 5. The molecule has 0 heterocycles. The number of halogens is 1. The SMILES string of the molecule is COc1ccccc1C(Cc1cc(Cl)ccc1O)C(=O)O. The molecule has 0 saturated carbocycles. The van der Waals surface area contributed by atoms with Crippen LogP contribution in [0.4, 0.5) is 0 Å². The summed E-state index contributed by atoms with van der Waals surface area (Å²) in [6.45, 7) is 0. The predicted octanol–water partition coefficient (Wildman–Crippen LogP) is 3.47. The van der Waals surface area contributed by atoms with Gasteiger partial charge in [0.2, 0.25) is 0 Å². The monoisotopic (exact) mass is 306 g/mol. The normalized spacial score (nSPS) is 11.9. The Morgan fingerprint density at radius 1 is 1.29 bits per heavy atom. The Bertz CT molecular complexity index is 654. The summed E-state index contributed by atoms with van der Waals surface area (Å²) in [5.41, 5.74) is 1.05. The molecular weight excluding hydrogens is 292 g/mol. The summed E-state index contributed by atoms with van der Waals surface area (Å²) in [4.78, 5) is 11.6. The van der Waals surface area contributed by atoms with Gasteiger partial charge in [0.15, 0.2) is 0 Å². The molecule has 1 unspecified atom stereocenters. The minimum absolute atomic E-state index is 0.0283. The number of aromatic hydroxyl groups is 1. The van der Waals surface area contributed by atoms with E-state index in [9.17, 15) is 15.0 Å². The molecule has 2 rings (SSSR count). The zero-order chi connectivity index (χ0) is 15.4. The first-order chi connectivity index (χ1) is 10.0. The number of carboxylic acid groups (broad SMARTS) is 1. The van der Waals surface area contributed by atoms with Crippen molar-refractivity contribution in [3.63, 3.8) is 0 Å². The van der Waals surface area contributed by atoms with Gasteiger partial charge in [-0.3, -0.25) is 4.79 Å². The van der Waals surface area contributed by atoms with Crippen molar-refractivity contribution in [1.82, 2.24) is 0 Å². The van der Waals surface area contributed by atoms with E-state index in [2.05, 4.69) is 0 Å². The predicted molar refractivity (Wildman–Crippen MR) is 80.2 cm³/mol. The molecular formula is C16H15ClO4. The summed E-state index contributed by atoms with van der Waals surface area (Å²) in [7, 11) is 1.49. The summed E-state index contributed by atoms with van der Waals surface area (Å²) < 4.78 is 5.22. The highest BCUT2D eigenvalue weighted by atomic mass is 35.5. The van der Waals surface area contributed by atoms with Crippen LogP contribution in [0, 0.1) is 0 Å². The van der Waals surface area contributed by atoms with Crippen LogP contribution < -0.4 is 4.74 Å². The van der Waals surface area contributed by atoms with E-state index in [-0.39, 0.29) is 12.2 Å². The van der Waals surface area contributed by atoms with Gasteiger partial charge in [0, 0.05) is 10.6 Å². The number of hydrogen-bond donors (Lipinski definition) is 2. The third-order valence-electron chi connectivity index (χ3n) is 3.28. The number of phenols is 1. The molecule has 0 amide bonds. The van der Waals surface area contributed by atoms with E-state index in [4.69, 9.17) is 16.3 Å². The first kappa shape index (κ1) is 15.2. The smallest absolute Gasteiger partial charge is 0.311 e. The van der Waals surface area contributed by atoms with Crippen molar-refractivity contribution in [2.75, 3.05) is 7.11 Å². The molecule has 5 heteroatoms. The Morgan fingerprint density at radius 2 is 2.00 bits per heavy atom. The van der Waals surface area contributed by atoms with Gasteiger partial charge in [0.1, 0.15) is 11.5 Å². The van der Waals surface area contributed by atoms with Gasteiger partial charge in [-0.2, -0.15) is 0 Å². The molecule has 2 aromatic carbocycles. The molecule has 0 aromatic heterocycles. The molecule has 2 aromatic rings. The van der Waals surface area contributed by atoms with Gasteiger partial charge in [-0.15, -0.1) is 0 Å². The summed E-state index contributed by atoms with van der Waals surface area (Å²) in [5.74, 6) is -1.28. The molecule has 0 radical (unpaired) electrons. The van der Waals surface area contributed by atoms with Crippen molar-refractivity contribution in [3.8, 4) is 11.5 Å². The molecule has 1 atom stereocenters. The first-order valence-corrected chi connectivity index (χ1v) is 6.74. The van der Waals surface area contributed by atoms with Gasteiger partial charge in [-0.05, 0) is 36.2 Å². The number of benzene rings is 2. The maximum atomic E-state index is 11.6. The maximum absolute atomic E-state index is 11.6. The van der Waals surface area contributed by atoms with E-state index in [1.54, 1.807) is 36.4 Å². The highest BCUT2D eigenvalue weighted by Crippen LogP contribution is 2.32. The van der Waals surface area contributed by atoms with E-state index in [1.807, 2.05) is 0 Å². The van der Waals surface area contributed by atoms with Crippen molar-refractivity contribution in [2.45, 2.75) is 12.3 Å². The second kappa shape index (κ2) is 6.50. The molecule has 0 bridgehead atoms. The largest absolute Gasteiger partial charge is 0.508 e. The average molecular weight is 307 g/mol. The Labute approximate surface area is 127 Å². The van der Waals surface area contributed by atoms with E-state index in [0.717, 1.165) is 0 Å². The third kappa shape index (κ3) is 3.47. The molecule has 4 nitrogen and oxygen atoms in total. The lowest BCUT2D eigenvalue weighted by Crippen LogP contribution is -2.15. The first-order valence-electron chi connectivity index (χ1n) is 6.36. The van der Waals surface area contributed by atoms with Crippen LogP contribution in [-0.2, 0) is 11.2 Å². The summed E-state index contributed by atoms with van der Waals surface area (Å²) in [5, 5.41) is 19.8. The number of phenolic OH excluding ortho intramolecular Hbond substituents is 1. The van der Waals surface area contributed by atoms with Gasteiger partial charge >= 0.3 is 5.97 Å². The Balaban J connectivity index is 2.40. The van der Waals surface area contributed by atoms with E-state index >= 15 is 0 Å². The van der Waals surface area contributed by atoms with E-state index in [1.165, 1.54) is 13.2 Å². The number of para-hydroxylation sites is 1. The third-order valence-corrected chi connectivity index (χ3v) is 3.51. The Kier molecular flexibility index (Phi) is 4.70. The molecule has 0 fully saturated rings. The lowest BCUT2D eigenvalue weighted by molar-refractivity contribution is -0.138. The summed E-state index contributed by atoms with van der Waals surface area (Å²) in [6.07, 6.45) is 0.127. The van der Waals surface area contributed by atoms with Crippen LogP contribution in [-0.4, -0.2) is 23.3 Å². The van der Waals surface area contributed by atoms with Gasteiger partial charge in [-0.1, -0.05) is 29.8 Å². The summed E-state index contributed by atoms with van der Waals surface area (Å²) in [6, 6.07) is 11.5. The molecule has 2 N–H and O–H groups in total. The number of hydrogen-bond acceptors (Lipinski definition) is 3. The Morgan fingerprint density at radius 3 is 2.67 bits per heavy atom. The quantitative estimate of drug-likeness (QED) is 0.887. The van der Waals surface area contributed by atoms with Crippen LogP contribution >= 0.6 is 11.6 Å². The molecule has 21 heavy (non-hydrogen) atoms. The minimum atomic E-state index is -0.987. The van der Waals surface area contributed by atoms with Crippen LogP contribution in [0.25, 0.3) is 0 Å². The lowest BCUT2D eigenvalue weighted by atomic mass is 9.91.